The van der Waals surface area contributed by atoms with Crippen LogP contribution in [0.25, 0.3) is 5.57 Å². The third-order valence-corrected chi connectivity index (χ3v) is 3.61. The Hall–Kier alpha value is -2.76. The molecule has 0 aliphatic rings. The molecule has 0 saturated heterocycles. The Balaban J connectivity index is 2.25. The number of allylic oxidation sites excluding steroid dienone is 1. The number of hydrogen-bond acceptors (Lipinski definition) is 3. The molecule has 0 atom stereocenters. The summed E-state index contributed by atoms with van der Waals surface area (Å²) in [6.07, 6.45) is -3.01. The number of ether oxygens (including phenoxy) is 1. The van der Waals surface area contributed by atoms with Gasteiger partial charge in [-0.2, -0.15) is 13.2 Å². The minimum absolute atomic E-state index is 0.122. The maximum Gasteiger partial charge on any atom is 0.416 e. The van der Waals surface area contributed by atoms with Gasteiger partial charge in [-0.1, -0.05) is 30.3 Å². The number of methoxy groups -OCH3 is 1. The second-order valence-corrected chi connectivity index (χ2v) is 5.37. The van der Waals surface area contributed by atoms with Gasteiger partial charge in [0.2, 0.25) is 0 Å². The van der Waals surface area contributed by atoms with Crippen molar-refractivity contribution in [3.63, 3.8) is 0 Å². The zero-order valence-corrected chi connectivity index (χ0v) is 13.9. The van der Waals surface area contributed by atoms with Crippen molar-refractivity contribution >= 4 is 11.4 Å². The Kier molecular flexibility index (Phi) is 5.85. The largest absolute Gasteiger partial charge is 0.497 e. The van der Waals surface area contributed by atoms with Gasteiger partial charge in [0.1, 0.15) is 5.75 Å². The molecule has 2 rings (SSSR count). The number of rotatable bonds is 6. The summed E-state index contributed by atoms with van der Waals surface area (Å²) in [6, 6.07) is 11.7. The SMILES string of the molecule is CNC=C(C(=O)Cc1cccc(C(F)(F)F)c1)c1ccc(OC)cc1. The van der Waals surface area contributed by atoms with Crippen LogP contribution in [-0.2, 0) is 17.4 Å². The Morgan fingerprint density at radius 2 is 1.84 bits per heavy atom. The fraction of sp³-hybridized carbons (Fsp3) is 0.211. The molecule has 0 fully saturated rings. The van der Waals surface area contributed by atoms with Crippen molar-refractivity contribution in [3.8, 4) is 5.75 Å². The van der Waals surface area contributed by atoms with Crippen LogP contribution in [0.1, 0.15) is 16.7 Å². The van der Waals surface area contributed by atoms with Gasteiger partial charge < -0.3 is 10.1 Å². The molecule has 1 N–H and O–H groups in total. The summed E-state index contributed by atoms with van der Waals surface area (Å²) in [4.78, 5) is 12.6. The number of nitrogens with one attached hydrogen (secondary N) is 1. The zero-order valence-electron chi connectivity index (χ0n) is 13.9. The molecular formula is C19H18F3NO2. The van der Waals surface area contributed by atoms with E-state index >= 15 is 0 Å². The Labute approximate surface area is 144 Å². The highest BCUT2D eigenvalue weighted by molar-refractivity contribution is 6.21. The van der Waals surface area contributed by atoms with E-state index in [9.17, 15) is 18.0 Å². The molecule has 0 amide bonds. The number of halogens is 3. The third kappa shape index (κ3) is 4.86. The lowest BCUT2D eigenvalue weighted by molar-refractivity contribution is -0.137. The first-order valence-corrected chi connectivity index (χ1v) is 7.56. The van der Waals surface area contributed by atoms with Crippen LogP contribution in [0.2, 0.25) is 0 Å². The summed E-state index contributed by atoms with van der Waals surface area (Å²) >= 11 is 0. The Bertz CT molecular complexity index is 765. The van der Waals surface area contributed by atoms with E-state index in [0.29, 0.717) is 22.4 Å². The van der Waals surface area contributed by atoms with Gasteiger partial charge in [0.25, 0.3) is 0 Å². The summed E-state index contributed by atoms with van der Waals surface area (Å²) in [7, 11) is 3.19. The summed E-state index contributed by atoms with van der Waals surface area (Å²) < 4.78 is 43.5. The summed E-state index contributed by atoms with van der Waals surface area (Å²) in [6.45, 7) is 0. The first-order valence-electron chi connectivity index (χ1n) is 7.56. The third-order valence-electron chi connectivity index (χ3n) is 3.61. The lowest BCUT2D eigenvalue weighted by Crippen LogP contribution is -2.11. The number of ketones is 1. The first-order chi connectivity index (χ1) is 11.8. The molecule has 3 nitrogen and oxygen atoms in total. The van der Waals surface area contributed by atoms with Gasteiger partial charge >= 0.3 is 6.18 Å². The molecule has 2 aromatic carbocycles. The van der Waals surface area contributed by atoms with Crippen molar-refractivity contribution in [1.29, 1.82) is 0 Å². The van der Waals surface area contributed by atoms with Crippen molar-refractivity contribution in [2.75, 3.05) is 14.2 Å². The van der Waals surface area contributed by atoms with Gasteiger partial charge in [0.05, 0.1) is 12.7 Å². The van der Waals surface area contributed by atoms with Crippen molar-refractivity contribution in [2.45, 2.75) is 12.6 Å². The van der Waals surface area contributed by atoms with Crippen molar-refractivity contribution in [3.05, 3.63) is 71.4 Å². The second kappa shape index (κ2) is 7.88. The summed E-state index contributed by atoms with van der Waals surface area (Å²) in [5.41, 5.74) is 0.603. The number of benzene rings is 2. The Morgan fingerprint density at radius 1 is 1.16 bits per heavy atom. The van der Waals surface area contributed by atoms with Crippen LogP contribution < -0.4 is 10.1 Å². The van der Waals surface area contributed by atoms with Crippen molar-refractivity contribution in [2.24, 2.45) is 0 Å². The van der Waals surface area contributed by atoms with Gasteiger partial charge in [-0.05, 0) is 29.3 Å². The first kappa shape index (κ1) is 18.6. The molecule has 0 heterocycles. The molecule has 0 unspecified atom stereocenters. The summed E-state index contributed by atoms with van der Waals surface area (Å²) in [5, 5.41) is 2.80. The van der Waals surface area contributed by atoms with Crippen LogP contribution in [0.15, 0.2) is 54.7 Å². The predicted octanol–water partition coefficient (Wildman–Crippen LogP) is 4.09. The molecule has 0 radical (unpaired) electrons. The molecule has 2 aromatic rings. The summed E-state index contributed by atoms with van der Waals surface area (Å²) in [5.74, 6) is 0.372. The smallest absolute Gasteiger partial charge is 0.416 e. The molecular weight excluding hydrogens is 331 g/mol. The average Bonchev–Trinajstić information content (AvgIpc) is 2.59. The van der Waals surface area contributed by atoms with Gasteiger partial charge in [-0.25, -0.2) is 0 Å². The van der Waals surface area contributed by atoms with Crippen molar-refractivity contribution < 1.29 is 22.7 Å². The Morgan fingerprint density at radius 3 is 2.40 bits per heavy atom. The van der Waals surface area contributed by atoms with Gasteiger partial charge in [-0.15, -0.1) is 0 Å². The van der Waals surface area contributed by atoms with E-state index in [2.05, 4.69) is 5.32 Å². The second-order valence-electron chi connectivity index (χ2n) is 5.37. The molecule has 25 heavy (non-hydrogen) atoms. The molecule has 0 aromatic heterocycles. The van der Waals surface area contributed by atoms with Crippen LogP contribution in [0.3, 0.4) is 0 Å². The monoisotopic (exact) mass is 349 g/mol. The number of alkyl halides is 3. The lowest BCUT2D eigenvalue weighted by atomic mass is 9.97. The van der Waals surface area contributed by atoms with Gasteiger partial charge in [-0.3, -0.25) is 4.79 Å². The topological polar surface area (TPSA) is 38.3 Å². The van der Waals surface area contributed by atoms with Crippen LogP contribution in [0.4, 0.5) is 13.2 Å². The number of carbonyl (C=O) groups is 1. The fourth-order valence-electron chi connectivity index (χ4n) is 2.38. The highest BCUT2D eigenvalue weighted by atomic mass is 19.4. The maximum absolute atomic E-state index is 12.8. The predicted molar refractivity (Wildman–Crippen MR) is 90.2 cm³/mol. The molecule has 0 bridgehead atoms. The molecule has 6 heteroatoms. The highest BCUT2D eigenvalue weighted by Gasteiger charge is 2.30. The minimum atomic E-state index is -4.43. The normalized spacial score (nSPS) is 12.0. The van der Waals surface area contributed by atoms with Gasteiger partial charge in [0, 0.05) is 25.2 Å². The maximum atomic E-state index is 12.8. The van der Waals surface area contributed by atoms with Crippen LogP contribution in [0.5, 0.6) is 5.75 Å². The molecule has 0 saturated carbocycles. The van der Waals surface area contributed by atoms with E-state index in [1.54, 1.807) is 31.3 Å². The minimum Gasteiger partial charge on any atom is -0.497 e. The quantitative estimate of drug-likeness (QED) is 0.799. The van der Waals surface area contributed by atoms with Crippen molar-refractivity contribution in [1.82, 2.24) is 5.32 Å². The standard InChI is InChI=1S/C19H18F3NO2/c1-23-12-17(14-6-8-16(25-2)9-7-14)18(24)11-13-4-3-5-15(10-13)19(20,21)22/h3-10,12,23H,11H2,1-2H3. The van der Waals surface area contributed by atoms with E-state index in [1.165, 1.54) is 25.4 Å². The molecule has 0 spiro atoms. The van der Waals surface area contributed by atoms with Crippen LogP contribution in [-0.4, -0.2) is 19.9 Å². The lowest BCUT2D eigenvalue weighted by Gasteiger charge is -2.11. The molecule has 0 aliphatic carbocycles. The molecule has 132 valence electrons. The zero-order chi connectivity index (χ0) is 18.4. The van der Waals surface area contributed by atoms with Gasteiger partial charge in [0.15, 0.2) is 5.78 Å². The number of carbonyl (C=O) groups excluding carboxylic acids is 1. The fourth-order valence-corrected chi connectivity index (χ4v) is 2.38. The van der Waals surface area contributed by atoms with E-state index in [-0.39, 0.29) is 12.2 Å². The van der Waals surface area contributed by atoms with E-state index in [0.717, 1.165) is 12.1 Å². The van der Waals surface area contributed by atoms with E-state index in [4.69, 9.17) is 4.74 Å². The number of Topliss-reactive ketones (excluding diaryl/α,β-unsaturated/α-hetero) is 1. The highest BCUT2D eigenvalue weighted by Crippen LogP contribution is 2.30. The van der Waals surface area contributed by atoms with E-state index < -0.39 is 11.7 Å². The van der Waals surface area contributed by atoms with Crippen LogP contribution >= 0.6 is 0 Å². The molecule has 0 aliphatic heterocycles. The van der Waals surface area contributed by atoms with E-state index in [1.807, 2.05) is 0 Å². The van der Waals surface area contributed by atoms with Crippen LogP contribution in [0, 0.1) is 0 Å². The average molecular weight is 349 g/mol. The number of hydrogen-bond donors (Lipinski definition) is 1.